The van der Waals surface area contributed by atoms with E-state index in [2.05, 4.69) is 126 Å². The number of hydrogen-bond acceptors (Lipinski definition) is 0. The highest BCUT2D eigenvalue weighted by molar-refractivity contribution is 6.18. The zero-order valence-corrected chi connectivity index (χ0v) is 18.0. The van der Waals surface area contributed by atoms with Crippen LogP contribution in [0.3, 0.4) is 0 Å². The molecule has 0 spiro atoms. The number of aromatic nitrogens is 1. The summed E-state index contributed by atoms with van der Waals surface area (Å²) in [6.45, 7) is 0. The van der Waals surface area contributed by atoms with E-state index in [0.29, 0.717) is 0 Å². The molecule has 0 unspecified atom stereocenters. The van der Waals surface area contributed by atoms with Crippen molar-refractivity contribution >= 4 is 43.4 Å². The molecule has 6 aromatic carbocycles. The summed E-state index contributed by atoms with van der Waals surface area (Å²) in [5.41, 5.74) is 7.39. The molecule has 0 bridgehead atoms. The Hall–Kier alpha value is -4.36. The predicted molar refractivity (Wildman–Crippen MR) is 142 cm³/mol. The van der Waals surface area contributed by atoms with Crippen LogP contribution in [-0.2, 0) is 0 Å². The standard InChI is InChI=1S/C32H21N/c1-3-13-23-21(9-1)11-7-16-25(23)28-19-20-29-26-15-5-6-18-30(26)33-32(29)31(28)27-17-8-12-22-10-2-4-14-24(22)27/h1-20,33H. The summed E-state index contributed by atoms with van der Waals surface area (Å²) < 4.78 is 0. The van der Waals surface area contributed by atoms with E-state index in [9.17, 15) is 0 Å². The summed E-state index contributed by atoms with van der Waals surface area (Å²) >= 11 is 0. The van der Waals surface area contributed by atoms with Crippen molar-refractivity contribution in [2.75, 3.05) is 0 Å². The summed E-state index contributed by atoms with van der Waals surface area (Å²) in [4.78, 5) is 3.77. The highest BCUT2D eigenvalue weighted by Gasteiger charge is 2.18. The van der Waals surface area contributed by atoms with Crippen LogP contribution in [0.5, 0.6) is 0 Å². The highest BCUT2D eigenvalue weighted by atomic mass is 14.7. The SMILES string of the molecule is c1ccc2c(-c3ccc4c([nH]c5ccccc54)c3-c3cccc4ccccc34)cccc2c1. The summed E-state index contributed by atoms with van der Waals surface area (Å²) in [6, 6.07) is 43.8. The lowest BCUT2D eigenvalue weighted by Gasteiger charge is -2.16. The molecule has 0 atom stereocenters. The normalized spacial score (nSPS) is 11.6. The summed E-state index contributed by atoms with van der Waals surface area (Å²) in [6.07, 6.45) is 0. The molecule has 154 valence electrons. The lowest BCUT2D eigenvalue weighted by atomic mass is 9.88. The van der Waals surface area contributed by atoms with Gasteiger partial charge in [0.25, 0.3) is 0 Å². The van der Waals surface area contributed by atoms with Crippen LogP contribution < -0.4 is 0 Å². The van der Waals surface area contributed by atoms with Crippen molar-refractivity contribution in [3.8, 4) is 22.3 Å². The molecule has 0 saturated carbocycles. The van der Waals surface area contributed by atoms with Crippen LogP contribution >= 0.6 is 0 Å². The number of para-hydroxylation sites is 1. The quantitative estimate of drug-likeness (QED) is 0.288. The molecule has 0 amide bonds. The van der Waals surface area contributed by atoms with Crippen molar-refractivity contribution in [3.05, 3.63) is 121 Å². The highest BCUT2D eigenvalue weighted by Crippen LogP contribution is 2.44. The Morgan fingerprint density at radius 1 is 0.364 bits per heavy atom. The second-order valence-electron chi connectivity index (χ2n) is 8.63. The first-order chi connectivity index (χ1) is 16.4. The van der Waals surface area contributed by atoms with Gasteiger partial charge in [-0.2, -0.15) is 0 Å². The van der Waals surface area contributed by atoms with Crippen LogP contribution in [0.2, 0.25) is 0 Å². The van der Waals surface area contributed by atoms with Crippen molar-refractivity contribution in [1.82, 2.24) is 4.98 Å². The maximum atomic E-state index is 3.77. The molecule has 1 heteroatoms. The third-order valence-electron chi connectivity index (χ3n) is 6.82. The molecule has 33 heavy (non-hydrogen) atoms. The Morgan fingerprint density at radius 2 is 0.939 bits per heavy atom. The molecule has 1 N–H and O–H groups in total. The number of fused-ring (bicyclic) bond motifs is 5. The van der Waals surface area contributed by atoms with Gasteiger partial charge in [0.15, 0.2) is 0 Å². The molecule has 7 rings (SSSR count). The zero-order chi connectivity index (χ0) is 21.8. The van der Waals surface area contributed by atoms with Gasteiger partial charge >= 0.3 is 0 Å². The van der Waals surface area contributed by atoms with Gasteiger partial charge in [0.2, 0.25) is 0 Å². The van der Waals surface area contributed by atoms with Crippen molar-refractivity contribution in [2.45, 2.75) is 0 Å². The van der Waals surface area contributed by atoms with Crippen LogP contribution in [0.15, 0.2) is 121 Å². The molecule has 0 aliphatic heterocycles. The van der Waals surface area contributed by atoms with Crippen LogP contribution in [-0.4, -0.2) is 4.98 Å². The van der Waals surface area contributed by atoms with E-state index in [0.717, 1.165) is 0 Å². The Kier molecular flexibility index (Phi) is 3.91. The van der Waals surface area contributed by atoms with E-state index in [1.165, 1.54) is 65.6 Å². The summed E-state index contributed by atoms with van der Waals surface area (Å²) in [7, 11) is 0. The first-order valence-corrected chi connectivity index (χ1v) is 11.4. The Labute approximate surface area is 191 Å². The van der Waals surface area contributed by atoms with E-state index >= 15 is 0 Å². The van der Waals surface area contributed by atoms with E-state index in [1.54, 1.807) is 0 Å². The Morgan fingerprint density at radius 3 is 1.70 bits per heavy atom. The molecule has 1 nitrogen and oxygen atoms in total. The van der Waals surface area contributed by atoms with Crippen LogP contribution in [0, 0.1) is 0 Å². The Bertz CT molecular complexity index is 1810. The van der Waals surface area contributed by atoms with E-state index < -0.39 is 0 Å². The van der Waals surface area contributed by atoms with Gasteiger partial charge in [0, 0.05) is 21.9 Å². The first kappa shape index (κ1) is 18.2. The maximum Gasteiger partial charge on any atom is 0.0551 e. The molecule has 7 aromatic rings. The van der Waals surface area contributed by atoms with Crippen LogP contribution in [0.25, 0.3) is 65.6 Å². The molecule has 1 heterocycles. The number of H-pyrrole nitrogens is 1. The molecule has 1 aromatic heterocycles. The molecule has 0 fully saturated rings. The average molecular weight is 420 g/mol. The molecular formula is C32H21N. The van der Waals surface area contributed by atoms with Gasteiger partial charge in [-0.3, -0.25) is 0 Å². The minimum Gasteiger partial charge on any atom is -0.354 e. The largest absolute Gasteiger partial charge is 0.354 e. The maximum absolute atomic E-state index is 3.77. The van der Waals surface area contributed by atoms with Crippen LogP contribution in [0.1, 0.15) is 0 Å². The van der Waals surface area contributed by atoms with Gasteiger partial charge in [0.1, 0.15) is 0 Å². The second-order valence-corrected chi connectivity index (χ2v) is 8.63. The smallest absolute Gasteiger partial charge is 0.0551 e. The van der Waals surface area contributed by atoms with Crippen LogP contribution in [0.4, 0.5) is 0 Å². The first-order valence-electron chi connectivity index (χ1n) is 11.4. The summed E-state index contributed by atoms with van der Waals surface area (Å²) in [5, 5.41) is 7.59. The topological polar surface area (TPSA) is 15.8 Å². The van der Waals surface area contributed by atoms with Gasteiger partial charge in [-0.05, 0) is 44.3 Å². The third kappa shape index (κ3) is 2.73. The minimum absolute atomic E-state index is 1.17. The molecule has 0 saturated heterocycles. The lowest BCUT2D eigenvalue weighted by molar-refractivity contribution is 1.54. The Balaban J connectivity index is 1.68. The lowest BCUT2D eigenvalue weighted by Crippen LogP contribution is -1.90. The van der Waals surface area contributed by atoms with Crippen molar-refractivity contribution in [1.29, 1.82) is 0 Å². The van der Waals surface area contributed by atoms with Gasteiger partial charge in [0.05, 0.1) is 5.52 Å². The van der Waals surface area contributed by atoms with E-state index in [-0.39, 0.29) is 0 Å². The fourth-order valence-corrected chi connectivity index (χ4v) is 5.33. The fraction of sp³-hybridized carbons (Fsp3) is 0. The predicted octanol–water partition coefficient (Wildman–Crippen LogP) is 8.96. The van der Waals surface area contributed by atoms with E-state index in [1.807, 2.05) is 0 Å². The number of benzene rings is 6. The molecule has 0 aliphatic carbocycles. The second kappa shape index (κ2) is 7.08. The number of aromatic amines is 1. The van der Waals surface area contributed by atoms with Gasteiger partial charge in [-0.1, -0.05) is 115 Å². The fourth-order valence-electron chi connectivity index (χ4n) is 5.33. The molecule has 0 aliphatic rings. The summed E-state index contributed by atoms with van der Waals surface area (Å²) in [5.74, 6) is 0. The number of rotatable bonds is 2. The average Bonchev–Trinajstić information content (AvgIpc) is 3.26. The van der Waals surface area contributed by atoms with Gasteiger partial charge in [-0.25, -0.2) is 0 Å². The molecule has 0 radical (unpaired) electrons. The zero-order valence-electron chi connectivity index (χ0n) is 18.0. The number of nitrogens with one attached hydrogen (secondary N) is 1. The van der Waals surface area contributed by atoms with Crippen molar-refractivity contribution < 1.29 is 0 Å². The van der Waals surface area contributed by atoms with Crippen molar-refractivity contribution in [3.63, 3.8) is 0 Å². The minimum atomic E-state index is 1.17. The number of hydrogen-bond donors (Lipinski definition) is 1. The van der Waals surface area contributed by atoms with Crippen molar-refractivity contribution in [2.24, 2.45) is 0 Å². The molecular weight excluding hydrogens is 398 g/mol. The monoisotopic (exact) mass is 419 g/mol. The van der Waals surface area contributed by atoms with Gasteiger partial charge in [-0.15, -0.1) is 0 Å². The third-order valence-corrected chi connectivity index (χ3v) is 6.82. The van der Waals surface area contributed by atoms with E-state index in [4.69, 9.17) is 0 Å². The van der Waals surface area contributed by atoms with Gasteiger partial charge < -0.3 is 4.98 Å².